The molecule has 2 aliphatic rings. The monoisotopic (exact) mass is 146 g/mol. The van der Waals surface area contributed by atoms with Gasteiger partial charge < -0.3 is 4.90 Å². The lowest BCUT2D eigenvalue weighted by molar-refractivity contribution is 0.177. The van der Waals surface area contributed by atoms with E-state index in [1.165, 1.54) is 12.4 Å². The van der Waals surface area contributed by atoms with Crippen molar-refractivity contribution in [2.45, 2.75) is 13.8 Å². The van der Waals surface area contributed by atoms with Gasteiger partial charge >= 0.3 is 0 Å². The molecule has 0 N–H and O–H groups in total. The molecule has 2 aliphatic heterocycles. The van der Waals surface area contributed by atoms with Crippen LogP contribution in [0.1, 0.15) is 13.8 Å². The summed E-state index contributed by atoms with van der Waals surface area (Å²) in [7, 11) is 0. The molecule has 0 atom stereocenters. The number of hydrogen-bond donors (Lipinski definition) is 0. The smallest absolute Gasteiger partial charge is 0.113 e. The quantitative estimate of drug-likeness (QED) is 0.500. The maximum absolute atomic E-state index is 4.23. The van der Waals surface area contributed by atoms with Crippen LogP contribution in [-0.2, 0) is 0 Å². The Kier molecular flexibility index (Phi) is 1.24. The topological polar surface area (TPSA) is 15.6 Å². The SMILES string of the molecule is CC1(C)CN2CN=C21.Cl. The van der Waals surface area contributed by atoms with Crippen LogP contribution < -0.4 is 0 Å². The van der Waals surface area contributed by atoms with Gasteiger partial charge in [-0.25, -0.2) is 0 Å². The molecule has 2 nitrogen and oxygen atoms in total. The summed E-state index contributed by atoms with van der Waals surface area (Å²) in [5.74, 6) is 1.32. The first-order valence-corrected chi connectivity index (χ1v) is 3.00. The largest absolute Gasteiger partial charge is 0.339 e. The lowest BCUT2D eigenvalue weighted by atomic mass is 9.81. The van der Waals surface area contributed by atoms with Gasteiger partial charge in [0.2, 0.25) is 0 Å². The normalized spacial score (nSPS) is 26.4. The van der Waals surface area contributed by atoms with Gasteiger partial charge in [0.25, 0.3) is 0 Å². The van der Waals surface area contributed by atoms with E-state index in [-0.39, 0.29) is 12.4 Å². The van der Waals surface area contributed by atoms with Gasteiger partial charge in [-0.3, -0.25) is 4.99 Å². The molecule has 0 radical (unpaired) electrons. The number of rotatable bonds is 0. The number of fused-ring (bicyclic) bond motifs is 1. The maximum Gasteiger partial charge on any atom is 0.113 e. The van der Waals surface area contributed by atoms with Crippen LogP contribution in [0, 0.1) is 5.41 Å². The van der Waals surface area contributed by atoms with Crippen molar-refractivity contribution in [2.75, 3.05) is 13.2 Å². The molecule has 1 saturated heterocycles. The maximum atomic E-state index is 4.23. The molecule has 1 fully saturated rings. The Morgan fingerprint density at radius 3 is 2.22 bits per heavy atom. The molecule has 0 aromatic heterocycles. The highest BCUT2D eigenvalue weighted by molar-refractivity contribution is 5.96. The van der Waals surface area contributed by atoms with E-state index in [4.69, 9.17) is 0 Å². The average Bonchev–Trinajstić information content (AvgIpc) is 1.57. The van der Waals surface area contributed by atoms with E-state index >= 15 is 0 Å². The van der Waals surface area contributed by atoms with E-state index in [9.17, 15) is 0 Å². The Labute approximate surface area is 61.4 Å². The second-order valence-corrected chi connectivity index (χ2v) is 3.20. The van der Waals surface area contributed by atoms with Crippen molar-refractivity contribution in [3.05, 3.63) is 0 Å². The zero-order chi connectivity index (χ0) is 5.78. The van der Waals surface area contributed by atoms with Crippen molar-refractivity contribution in [1.29, 1.82) is 0 Å². The van der Waals surface area contributed by atoms with Crippen LogP contribution in [0.4, 0.5) is 0 Å². The fourth-order valence-electron chi connectivity index (χ4n) is 1.46. The van der Waals surface area contributed by atoms with Crippen molar-refractivity contribution < 1.29 is 0 Å². The van der Waals surface area contributed by atoms with Crippen LogP contribution in [0.15, 0.2) is 4.99 Å². The molecule has 0 aromatic rings. The van der Waals surface area contributed by atoms with Gasteiger partial charge in [-0.05, 0) is 0 Å². The first-order valence-electron chi connectivity index (χ1n) is 3.00. The summed E-state index contributed by atoms with van der Waals surface area (Å²) in [6.45, 7) is 6.65. The fraction of sp³-hybridized carbons (Fsp3) is 0.833. The first kappa shape index (κ1) is 6.87. The Morgan fingerprint density at radius 2 is 2.22 bits per heavy atom. The third-order valence-electron chi connectivity index (χ3n) is 1.88. The molecule has 52 valence electrons. The minimum Gasteiger partial charge on any atom is -0.339 e. The summed E-state index contributed by atoms with van der Waals surface area (Å²) in [6.07, 6.45) is 0. The number of hydrogen-bond acceptors (Lipinski definition) is 2. The van der Waals surface area contributed by atoms with Crippen LogP contribution in [0.25, 0.3) is 0 Å². The second-order valence-electron chi connectivity index (χ2n) is 3.20. The minimum absolute atomic E-state index is 0. The van der Waals surface area contributed by atoms with E-state index in [0.29, 0.717) is 5.41 Å². The standard InChI is InChI=1S/C6H10N2.ClH/c1-6(2)3-8-4-7-5(6)8;/h3-4H2,1-2H3;1H. The van der Waals surface area contributed by atoms with Crippen LogP contribution in [0.2, 0.25) is 0 Å². The van der Waals surface area contributed by atoms with Crippen LogP contribution in [0.3, 0.4) is 0 Å². The molecule has 0 saturated carbocycles. The van der Waals surface area contributed by atoms with E-state index in [0.717, 1.165) is 6.67 Å². The summed E-state index contributed by atoms with van der Waals surface area (Å²) in [6, 6.07) is 0. The number of amidine groups is 1. The van der Waals surface area contributed by atoms with Gasteiger partial charge in [-0.15, -0.1) is 12.4 Å². The molecule has 2 heterocycles. The molecule has 2 rings (SSSR count). The van der Waals surface area contributed by atoms with Gasteiger partial charge in [0, 0.05) is 12.0 Å². The predicted molar refractivity (Wildman–Crippen MR) is 40.0 cm³/mol. The van der Waals surface area contributed by atoms with Crippen LogP contribution >= 0.6 is 12.4 Å². The number of nitrogens with zero attached hydrogens (tertiary/aromatic N) is 2. The lowest BCUT2D eigenvalue weighted by Gasteiger charge is -2.53. The highest BCUT2D eigenvalue weighted by atomic mass is 35.5. The summed E-state index contributed by atoms with van der Waals surface area (Å²) < 4.78 is 0. The van der Waals surface area contributed by atoms with E-state index in [2.05, 4.69) is 23.7 Å². The molecule has 9 heavy (non-hydrogen) atoms. The molecule has 0 aliphatic carbocycles. The predicted octanol–water partition coefficient (Wildman–Crippen LogP) is 1.12. The van der Waals surface area contributed by atoms with E-state index in [1.807, 2.05) is 0 Å². The molecule has 0 bridgehead atoms. The number of aliphatic imine (C=N–C) groups is 1. The highest BCUT2D eigenvalue weighted by Gasteiger charge is 2.45. The van der Waals surface area contributed by atoms with Gasteiger partial charge in [0.15, 0.2) is 0 Å². The van der Waals surface area contributed by atoms with Gasteiger partial charge in [0.1, 0.15) is 12.5 Å². The van der Waals surface area contributed by atoms with E-state index < -0.39 is 0 Å². The average molecular weight is 147 g/mol. The van der Waals surface area contributed by atoms with Crippen molar-refractivity contribution in [2.24, 2.45) is 10.4 Å². The van der Waals surface area contributed by atoms with Gasteiger partial charge in [-0.2, -0.15) is 0 Å². The Balaban J connectivity index is 0.000000405. The van der Waals surface area contributed by atoms with Crippen molar-refractivity contribution in [3.8, 4) is 0 Å². The molecule has 0 aromatic carbocycles. The molecular formula is C6H11ClN2. The van der Waals surface area contributed by atoms with Crippen molar-refractivity contribution in [1.82, 2.24) is 4.90 Å². The summed E-state index contributed by atoms with van der Waals surface area (Å²) in [5, 5.41) is 0. The third kappa shape index (κ3) is 0.659. The second kappa shape index (κ2) is 1.63. The molecule has 3 heteroatoms. The first-order chi connectivity index (χ1) is 3.70. The molecule has 0 amide bonds. The Bertz CT molecular complexity index is 162. The zero-order valence-corrected chi connectivity index (χ0v) is 6.53. The fourth-order valence-corrected chi connectivity index (χ4v) is 1.46. The summed E-state index contributed by atoms with van der Waals surface area (Å²) in [5.41, 5.74) is 0.415. The third-order valence-corrected chi connectivity index (χ3v) is 1.88. The molecule has 0 spiro atoms. The van der Waals surface area contributed by atoms with Crippen molar-refractivity contribution in [3.63, 3.8) is 0 Å². The Morgan fingerprint density at radius 1 is 1.56 bits per heavy atom. The van der Waals surface area contributed by atoms with Crippen LogP contribution in [-0.4, -0.2) is 23.9 Å². The number of halogens is 1. The van der Waals surface area contributed by atoms with Gasteiger partial charge in [0.05, 0.1) is 0 Å². The van der Waals surface area contributed by atoms with Crippen molar-refractivity contribution >= 4 is 18.2 Å². The molecular weight excluding hydrogens is 136 g/mol. The minimum atomic E-state index is 0. The highest BCUT2D eigenvalue weighted by Crippen LogP contribution is 2.36. The van der Waals surface area contributed by atoms with Crippen LogP contribution in [0.5, 0.6) is 0 Å². The Hall–Kier alpha value is -0.240. The zero-order valence-electron chi connectivity index (χ0n) is 5.72. The lowest BCUT2D eigenvalue weighted by Crippen LogP contribution is -2.63. The summed E-state index contributed by atoms with van der Waals surface area (Å²) >= 11 is 0. The summed E-state index contributed by atoms with van der Waals surface area (Å²) in [4.78, 5) is 6.54. The van der Waals surface area contributed by atoms with Gasteiger partial charge in [-0.1, -0.05) is 13.8 Å². The van der Waals surface area contributed by atoms with E-state index in [1.54, 1.807) is 0 Å². The molecule has 0 unspecified atom stereocenters.